The molecule has 0 aliphatic rings. The third kappa shape index (κ3) is 6.98. The molecule has 2 nitrogen and oxygen atoms in total. The maximum Gasteiger partial charge on any atom is 0.416 e. The molecule has 0 heterocycles. The van der Waals surface area contributed by atoms with Crippen molar-refractivity contribution in [3.63, 3.8) is 0 Å². The quantitative estimate of drug-likeness (QED) is 0.225. The van der Waals surface area contributed by atoms with Crippen molar-refractivity contribution in [2.24, 2.45) is 0 Å². The lowest BCUT2D eigenvalue weighted by Crippen LogP contribution is -2.32. The van der Waals surface area contributed by atoms with E-state index in [0.717, 1.165) is 35.4 Å². The summed E-state index contributed by atoms with van der Waals surface area (Å²) in [6.07, 6.45) is -4.75. The van der Waals surface area contributed by atoms with E-state index in [1.165, 1.54) is 4.90 Å². The van der Waals surface area contributed by atoms with E-state index in [9.17, 15) is 26.7 Å². The first kappa shape index (κ1) is 27.9. The first-order valence-corrected chi connectivity index (χ1v) is 11.8. The van der Waals surface area contributed by atoms with Crippen LogP contribution in [-0.2, 0) is 24.6 Å². The number of alkyl halides is 3. The van der Waals surface area contributed by atoms with Gasteiger partial charge in [-0.3, -0.25) is 4.79 Å². The maximum absolute atomic E-state index is 13.9. The van der Waals surface area contributed by atoms with Crippen LogP contribution in [0.25, 0.3) is 0 Å². The van der Waals surface area contributed by atoms with Gasteiger partial charge in [-0.2, -0.15) is 13.2 Å². The molecule has 0 atom stereocenters. The van der Waals surface area contributed by atoms with E-state index in [2.05, 4.69) is 20.8 Å². The van der Waals surface area contributed by atoms with Gasteiger partial charge in [0.1, 0.15) is 5.82 Å². The SMILES string of the molecule is CC(C)(C)c1ccc(CN(CCc2cc(F)cc(C(F)(F)F)c2)C(=O)c2cc(Cl)c(F)c(Cl)c2)cc1. The van der Waals surface area contributed by atoms with E-state index in [4.69, 9.17) is 23.2 Å². The van der Waals surface area contributed by atoms with Gasteiger partial charge in [-0.05, 0) is 58.9 Å². The predicted octanol–water partition coefficient (Wildman–Crippen LogP) is 8.47. The van der Waals surface area contributed by atoms with Crippen molar-refractivity contribution in [2.45, 2.75) is 45.3 Å². The van der Waals surface area contributed by atoms with Gasteiger partial charge in [0, 0.05) is 18.7 Å². The van der Waals surface area contributed by atoms with Gasteiger partial charge in [0.15, 0.2) is 5.82 Å². The Balaban J connectivity index is 1.91. The Labute approximate surface area is 216 Å². The third-order valence-corrected chi connectivity index (χ3v) is 6.22. The minimum atomic E-state index is -4.71. The highest BCUT2D eigenvalue weighted by Gasteiger charge is 2.31. The average Bonchev–Trinajstić information content (AvgIpc) is 2.78. The van der Waals surface area contributed by atoms with Crippen molar-refractivity contribution < 1.29 is 26.7 Å². The molecule has 0 bridgehead atoms. The lowest BCUT2D eigenvalue weighted by molar-refractivity contribution is -0.137. The van der Waals surface area contributed by atoms with Crippen LogP contribution in [0, 0.1) is 11.6 Å². The van der Waals surface area contributed by atoms with E-state index in [-0.39, 0.29) is 46.1 Å². The predicted molar refractivity (Wildman–Crippen MR) is 131 cm³/mol. The molecule has 0 unspecified atom stereocenters. The Hall–Kier alpha value is -2.64. The Bertz CT molecular complexity index is 1230. The summed E-state index contributed by atoms with van der Waals surface area (Å²) < 4.78 is 67.1. The number of rotatable bonds is 6. The summed E-state index contributed by atoms with van der Waals surface area (Å²) in [5, 5.41) is -0.666. The standard InChI is InChI=1S/C27H24Cl2F5NO/c1-26(2,3)19-6-4-16(5-7-19)15-35(25(36)18-12-22(28)24(31)23(29)13-18)9-8-17-10-20(27(32,33)34)14-21(30)11-17/h4-7,10-14H,8-9,15H2,1-3H3. The van der Waals surface area contributed by atoms with Crippen LogP contribution in [0.15, 0.2) is 54.6 Å². The molecule has 1 amide bonds. The number of nitrogens with zero attached hydrogens (tertiary/aromatic N) is 1. The van der Waals surface area contributed by atoms with E-state index in [0.29, 0.717) is 6.07 Å². The molecule has 0 spiro atoms. The van der Waals surface area contributed by atoms with Crippen molar-refractivity contribution in [3.8, 4) is 0 Å². The fraction of sp³-hybridized carbons (Fsp3) is 0.296. The van der Waals surface area contributed by atoms with Gasteiger partial charge in [-0.25, -0.2) is 8.78 Å². The topological polar surface area (TPSA) is 20.3 Å². The van der Waals surface area contributed by atoms with Crippen LogP contribution in [0.3, 0.4) is 0 Å². The van der Waals surface area contributed by atoms with Crippen molar-refractivity contribution in [1.29, 1.82) is 0 Å². The summed E-state index contributed by atoms with van der Waals surface area (Å²) in [5.41, 5.74) is 0.770. The minimum Gasteiger partial charge on any atom is -0.334 e. The molecule has 0 aliphatic heterocycles. The van der Waals surface area contributed by atoms with Crippen molar-refractivity contribution in [2.75, 3.05) is 6.54 Å². The van der Waals surface area contributed by atoms with Gasteiger partial charge in [0.05, 0.1) is 15.6 Å². The van der Waals surface area contributed by atoms with Crippen LogP contribution in [0.1, 0.15) is 53.4 Å². The molecule has 0 aromatic heterocycles. The molecular weight excluding hydrogens is 520 g/mol. The van der Waals surface area contributed by atoms with E-state index in [1.54, 1.807) is 0 Å². The average molecular weight is 544 g/mol. The fourth-order valence-electron chi connectivity index (χ4n) is 3.67. The molecule has 3 aromatic rings. The number of carbonyl (C=O) groups excluding carboxylic acids is 1. The van der Waals surface area contributed by atoms with Crippen LogP contribution in [0.2, 0.25) is 10.0 Å². The molecule has 9 heteroatoms. The highest BCUT2D eigenvalue weighted by atomic mass is 35.5. The molecule has 3 rings (SSSR count). The molecule has 0 saturated carbocycles. The van der Waals surface area contributed by atoms with E-state index < -0.39 is 29.3 Å². The van der Waals surface area contributed by atoms with Gasteiger partial charge >= 0.3 is 6.18 Å². The minimum absolute atomic E-state index is 0.0212. The van der Waals surface area contributed by atoms with Gasteiger partial charge < -0.3 is 4.90 Å². The Kier molecular flexibility index (Phi) is 8.36. The first-order valence-electron chi connectivity index (χ1n) is 11.0. The molecule has 0 radical (unpaired) electrons. The van der Waals surface area contributed by atoms with Crippen molar-refractivity contribution >= 4 is 29.1 Å². The number of benzene rings is 3. The fourth-order valence-corrected chi connectivity index (χ4v) is 4.15. The van der Waals surface area contributed by atoms with Crippen molar-refractivity contribution in [3.05, 3.63) is 104 Å². The lowest BCUT2D eigenvalue weighted by Gasteiger charge is -2.25. The van der Waals surface area contributed by atoms with Gasteiger partial charge in [-0.1, -0.05) is 68.2 Å². The first-order chi connectivity index (χ1) is 16.6. The number of halogens is 7. The zero-order valence-corrected chi connectivity index (χ0v) is 21.3. The zero-order chi connectivity index (χ0) is 26.8. The van der Waals surface area contributed by atoms with Crippen LogP contribution >= 0.6 is 23.2 Å². The Morgan fingerprint density at radius 1 is 0.833 bits per heavy atom. The summed E-state index contributed by atoms with van der Waals surface area (Å²) in [6, 6.07) is 12.2. The molecule has 36 heavy (non-hydrogen) atoms. The molecular formula is C27H24Cl2F5NO. The highest BCUT2D eigenvalue weighted by Crippen LogP contribution is 2.31. The summed E-state index contributed by atoms with van der Waals surface area (Å²) in [7, 11) is 0. The Morgan fingerprint density at radius 3 is 1.94 bits per heavy atom. The van der Waals surface area contributed by atoms with Crippen LogP contribution < -0.4 is 0 Å². The largest absolute Gasteiger partial charge is 0.416 e. The third-order valence-electron chi connectivity index (χ3n) is 5.67. The second kappa shape index (κ2) is 10.8. The Morgan fingerprint density at radius 2 is 1.42 bits per heavy atom. The highest BCUT2D eigenvalue weighted by molar-refractivity contribution is 6.35. The zero-order valence-electron chi connectivity index (χ0n) is 19.8. The summed E-state index contributed by atoms with van der Waals surface area (Å²) in [6.45, 7) is 6.26. The maximum atomic E-state index is 13.9. The number of hydrogen-bond donors (Lipinski definition) is 0. The van der Waals surface area contributed by atoms with Gasteiger partial charge in [0.2, 0.25) is 0 Å². The normalized spacial score (nSPS) is 12.1. The second-order valence-electron chi connectivity index (χ2n) is 9.52. The van der Waals surface area contributed by atoms with Crippen LogP contribution in [0.5, 0.6) is 0 Å². The second-order valence-corrected chi connectivity index (χ2v) is 10.3. The number of amides is 1. The molecule has 0 saturated heterocycles. The van der Waals surface area contributed by atoms with Crippen LogP contribution in [0.4, 0.5) is 22.0 Å². The van der Waals surface area contributed by atoms with Gasteiger partial charge in [0.25, 0.3) is 5.91 Å². The monoisotopic (exact) mass is 543 g/mol. The number of hydrogen-bond acceptors (Lipinski definition) is 1. The summed E-state index contributed by atoms with van der Waals surface area (Å²) in [5.74, 6) is -2.43. The summed E-state index contributed by atoms with van der Waals surface area (Å²) in [4.78, 5) is 14.7. The van der Waals surface area contributed by atoms with Crippen LogP contribution in [-0.4, -0.2) is 17.4 Å². The van der Waals surface area contributed by atoms with Gasteiger partial charge in [-0.15, -0.1) is 0 Å². The van der Waals surface area contributed by atoms with E-state index >= 15 is 0 Å². The molecule has 3 aromatic carbocycles. The molecule has 192 valence electrons. The number of carbonyl (C=O) groups is 1. The summed E-state index contributed by atoms with van der Waals surface area (Å²) >= 11 is 11.7. The van der Waals surface area contributed by atoms with Crippen molar-refractivity contribution in [1.82, 2.24) is 4.90 Å². The molecule has 0 N–H and O–H groups in total. The smallest absolute Gasteiger partial charge is 0.334 e. The van der Waals surface area contributed by atoms with E-state index in [1.807, 2.05) is 24.3 Å². The molecule has 0 aliphatic carbocycles. The lowest BCUT2D eigenvalue weighted by atomic mass is 9.87. The molecule has 0 fully saturated rings.